The molecule has 1 aromatic heterocycles. The van der Waals surface area contributed by atoms with Crippen molar-refractivity contribution < 1.29 is 9.53 Å². The number of methoxy groups -OCH3 is 1. The van der Waals surface area contributed by atoms with E-state index < -0.39 is 0 Å². The molecule has 0 bridgehead atoms. The van der Waals surface area contributed by atoms with Gasteiger partial charge in [0.1, 0.15) is 0 Å². The van der Waals surface area contributed by atoms with Gasteiger partial charge in [-0.1, -0.05) is 0 Å². The molecule has 0 atom stereocenters. The Hall–Kier alpha value is -1.16. The van der Waals surface area contributed by atoms with E-state index in [1.807, 2.05) is 0 Å². The number of aromatic nitrogens is 2. The van der Waals surface area contributed by atoms with Crippen molar-refractivity contribution in [2.75, 3.05) is 13.7 Å². The van der Waals surface area contributed by atoms with E-state index in [0.29, 0.717) is 18.9 Å². The third-order valence-corrected chi connectivity index (χ3v) is 1.51. The molecule has 0 aromatic carbocycles. The van der Waals surface area contributed by atoms with Crippen molar-refractivity contribution in [3.8, 4) is 0 Å². The molecule has 0 fully saturated rings. The lowest BCUT2D eigenvalue weighted by Crippen LogP contribution is -2.03. The summed E-state index contributed by atoms with van der Waals surface area (Å²) in [4.78, 5) is 17.8. The Bertz CT molecular complexity index is 231. The largest absolute Gasteiger partial charge is 0.385 e. The standard InChI is InChI=1S/C8H12N2O2/c1-12-6-2-3-7(11)8-9-4-5-10-8/h4-5H,2-3,6H2,1H3,(H,9,10). The highest BCUT2D eigenvalue weighted by molar-refractivity contribution is 5.92. The summed E-state index contributed by atoms with van der Waals surface area (Å²) in [5, 5.41) is 0. The predicted molar refractivity (Wildman–Crippen MR) is 44.0 cm³/mol. The summed E-state index contributed by atoms with van der Waals surface area (Å²) in [5.41, 5.74) is 0. The highest BCUT2D eigenvalue weighted by atomic mass is 16.5. The van der Waals surface area contributed by atoms with Gasteiger partial charge in [0.05, 0.1) is 0 Å². The summed E-state index contributed by atoms with van der Waals surface area (Å²) in [6.45, 7) is 0.618. The number of hydrogen-bond donors (Lipinski definition) is 1. The molecule has 66 valence electrons. The summed E-state index contributed by atoms with van der Waals surface area (Å²) in [7, 11) is 1.62. The Kier molecular flexibility index (Phi) is 3.47. The molecule has 1 aromatic rings. The van der Waals surface area contributed by atoms with E-state index >= 15 is 0 Å². The number of aromatic amines is 1. The van der Waals surface area contributed by atoms with Crippen molar-refractivity contribution in [2.24, 2.45) is 0 Å². The molecule has 0 amide bonds. The number of ether oxygens (including phenoxy) is 1. The van der Waals surface area contributed by atoms with Gasteiger partial charge >= 0.3 is 0 Å². The van der Waals surface area contributed by atoms with Gasteiger partial charge in [-0.3, -0.25) is 4.79 Å². The fourth-order valence-corrected chi connectivity index (χ4v) is 0.913. The molecular formula is C8H12N2O2. The Morgan fingerprint density at radius 2 is 2.58 bits per heavy atom. The van der Waals surface area contributed by atoms with Crippen molar-refractivity contribution in [1.29, 1.82) is 0 Å². The topological polar surface area (TPSA) is 55.0 Å². The van der Waals surface area contributed by atoms with Gasteiger partial charge in [0.15, 0.2) is 11.6 Å². The Balaban J connectivity index is 2.30. The first-order valence-electron chi connectivity index (χ1n) is 3.86. The van der Waals surface area contributed by atoms with Crippen molar-refractivity contribution in [3.05, 3.63) is 18.2 Å². The number of H-pyrrole nitrogens is 1. The zero-order valence-electron chi connectivity index (χ0n) is 7.04. The van der Waals surface area contributed by atoms with Crippen LogP contribution in [0, 0.1) is 0 Å². The molecule has 0 unspecified atom stereocenters. The molecule has 0 aliphatic heterocycles. The van der Waals surface area contributed by atoms with Gasteiger partial charge in [-0.05, 0) is 6.42 Å². The van der Waals surface area contributed by atoms with Crippen molar-refractivity contribution in [2.45, 2.75) is 12.8 Å². The second-order valence-electron chi connectivity index (χ2n) is 2.46. The summed E-state index contributed by atoms with van der Waals surface area (Å²) in [6.07, 6.45) is 4.45. The highest BCUT2D eigenvalue weighted by Gasteiger charge is 2.06. The molecule has 1 N–H and O–H groups in total. The van der Waals surface area contributed by atoms with Gasteiger partial charge in [-0.25, -0.2) is 4.98 Å². The molecule has 0 spiro atoms. The maximum atomic E-state index is 11.2. The van der Waals surface area contributed by atoms with Crippen LogP contribution in [0.15, 0.2) is 12.4 Å². The SMILES string of the molecule is COCCCC(=O)c1ncc[nH]1. The first kappa shape index (κ1) is 8.93. The average molecular weight is 168 g/mol. The fourth-order valence-electron chi connectivity index (χ4n) is 0.913. The van der Waals surface area contributed by atoms with Crippen molar-refractivity contribution >= 4 is 5.78 Å². The van der Waals surface area contributed by atoms with Gasteiger partial charge in [-0.15, -0.1) is 0 Å². The lowest BCUT2D eigenvalue weighted by molar-refractivity contribution is 0.0954. The van der Waals surface area contributed by atoms with Gasteiger partial charge in [0, 0.05) is 32.5 Å². The Morgan fingerprint density at radius 1 is 1.75 bits per heavy atom. The third kappa shape index (κ3) is 2.47. The number of nitrogens with zero attached hydrogens (tertiary/aromatic N) is 1. The zero-order valence-corrected chi connectivity index (χ0v) is 7.04. The van der Waals surface area contributed by atoms with Crippen LogP contribution in [0.25, 0.3) is 0 Å². The van der Waals surface area contributed by atoms with E-state index in [1.54, 1.807) is 19.5 Å². The number of Topliss-reactive ketones (excluding diaryl/α,β-unsaturated/α-hetero) is 1. The normalized spacial score (nSPS) is 10.1. The van der Waals surface area contributed by atoms with E-state index in [2.05, 4.69) is 9.97 Å². The number of carbonyl (C=O) groups excluding carboxylic acids is 1. The predicted octanol–water partition coefficient (Wildman–Crippen LogP) is 1.02. The average Bonchev–Trinajstić information content (AvgIpc) is 2.56. The Labute approximate surface area is 71.0 Å². The van der Waals surface area contributed by atoms with Crippen molar-refractivity contribution in [1.82, 2.24) is 9.97 Å². The van der Waals surface area contributed by atoms with Crippen LogP contribution in [0.5, 0.6) is 0 Å². The number of rotatable bonds is 5. The number of nitrogens with one attached hydrogen (secondary N) is 1. The molecule has 0 aliphatic rings. The minimum absolute atomic E-state index is 0.0389. The van der Waals surface area contributed by atoms with Crippen LogP contribution in [-0.2, 0) is 4.74 Å². The molecule has 12 heavy (non-hydrogen) atoms. The minimum atomic E-state index is 0.0389. The summed E-state index contributed by atoms with van der Waals surface area (Å²) in [5.74, 6) is 0.475. The molecule has 0 saturated carbocycles. The maximum Gasteiger partial charge on any atom is 0.198 e. The zero-order chi connectivity index (χ0) is 8.81. The molecule has 0 aliphatic carbocycles. The van der Waals surface area contributed by atoms with E-state index in [4.69, 9.17) is 4.74 Å². The molecule has 0 radical (unpaired) electrons. The minimum Gasteiger partial charge on any atom is -0.385 e. The highest BCUT2D eigenvalue weighted by Crippen LogP contribution is 1.98. The molecule has 1 heterocycles. The van der Waals surface area contributed by atoms with Crippen molar-refractivity contribution in [3.63, 3.8) is 0 Å². The first-order chi connectivity index (χ1) is 5.84. The van der Waals surface area contributed by atoms with Gasteiger partial charge in [-0.2, -0.15) is 0 Å². The number of ketones is 1. The number of hydrogen-bond acceptors (Lipinski definition) is 3. The quantitative estimate of drug-likeness (QED) is 0.527. The summed E-state index contributed by atoms with van der Waals surface area (Å²) in [6, 6.07) is 0. The smallest absolute Gasteiger partial charge is 0.198 e. The number of imidazole rings is 1. The molecular weight excluding hydrogens is 156 g/mol. The van der Waals surface area contributed by atoms with Crippen LogP contribution in [0.2, 0.25) is 0 Å². The van der Waals surface area contributed by atoms with Crippen LogP contribution in [-0.4, -0.2) is 29.5 Å². The van der Waals surface area contributed by atoms with Gasteiger partial charge in [0.25, 0.3) is 0 Å². The van der Waals surface area contributed by atoms with E-state index in [9.17, 15) is 4.79 Å². The van der Waals surface area contributed by atoms with Gasteiger partial charge < -0.3 is 9.72 Å². The summed E-state index contributed by atoms with van der Waals surface area (Å²) < 4.78 is 4.83. The van der Waals surface area contributed by atoms with Gasteiger partial charge in [0.2, 0.25) is 0 Å². The molecule has 1 rings (SSSR count). The van der Waals surface area contributed by atoms with E-state index in [-0.39, 0.29) is 5.78 Å². The van der Waals surface area contributed by atoms with Crippen LogP contribution in [0.4, 0.5) is 0 Å². The van der Waals surface area contributed by atoms with E-state index in [0.717, 1.165) is 6.42 Å². The third-order valence-electron chi connectivity index (χ3n) is 1.51. The second-order valence-corrected chi connectivity index (χ2v) is 2.46. The molecule has 4 nitrogen and oxygen atoms in total. The first-order valence-corrected chi connectivity index (χ1v) is 3.86. The fraction of sp³-hybridized carbons (Fsp3) is 0.500. The van der Waals surface area contributed by atoms with Crippen LogP contribution in [0.1, 0.15) is 23.5 Å². The van der Waals surface area contributed by atoms with E-state index in [1.165, 1.54) is 0 Å². The lowest BCUT2D eigenvalue weighted by atomic mass is 10.2. The second kappa shape index (κ2) is 4.66. The van der Waals surface area contributed by atoms with Crippen LogP contribution < -0.4 is 0 Å². The Morgan fingerprint density at radius 3 is 3.17 bits per heavy atom. The molecule has 0 saturated heterocycles. The van der Waals surface area contributed by atoms with Crippen LogP contribution in [0.3, 0.4) is 0 Å². The number of carbonyl (C=O) groups is 1. The lowest BCUT2D eigenvalue weighted by Gasteiger charge is -1.96. The monoisotopic (exact) mass is 168 g/mol. The molecule has 4 heteroatoms. The maximum absolute atomic E-state index is 11.2. The van der Waals surface area contributed by atoms with Crippen LogP contribution >= 0.6 is 0 Å². The summed E-state index contributed by atoms with van der Waals surface area (Å²) >= 11 is 0.